The first kappa shape index (κ1) is 14.9. The summed E-state index contributed by atoms with van der Waals surface area (Å²) < 4.78 is 66.3. The van der Waals surface area contributed by atoms with E-state index >= 15 is 0 Å². The van der Waals surface area contributed by atoms with Gasteiger partial charge < -0.3 is 4.74 Å². The van der Waals surface area contributed by atoms with E-state index in [-0.39, 0.29) is 5.75 Å². The van der Waals surface area contributed by atoms with Crippen LogP contribution < -0.4 is 4.74 Å². The molecule has 1 nitrogen and oxygen atoms in total. The van der Waals surface area contributed by atoms with Crippen molar-refractivity contribution in [3.05, 3.63) is 26.2 Å². The first-order chi connectivity index (χ1) is 7.63. The number of alkyl halides is 5. The summed E-state index contributed by atoms with van der Waals surface area (Å²) in [6.07, 6.45) is -5.61. The molecule has 0 amide bonds. The Bertz CT molecular complexity index is 407. The van der Waals surface area contributed by atoms with Crippen molar-refractivity contribution in [3.8, 4) is 5.75 Å². The summed E-state index contributed by atoms with van der Waals surface area (Å²) >= 11 is 4.98. The molecule has 0 N–H and O–H groups in total. The van der Waals surface area contributed by atoms with Crippen molar-refractivity contribution in [2.75, 3.05) is 6.61 Å². The normalized spacial score (nSPS) is 12.6. The standard InChI is InChI=1S/C9H5BrF5IO/c10-6-3-5(16)1-2-7(6)17-4-8(11,12)9(13,14)15/h1-3H,4H2. The zero-order chi connectivity index (χ0) is 13.3. The fraction of sp³-hybridized carbons (Fsp3) is 0.333. The van der Waals surface area contributed by atoms with E-state index in [2.05, 4.69) is 20.7 Å². The SMILES string of the molecule is FC(F)(F)C(F)(F)COc1ccc(I)cc1Br. The van der Waals surface area contributed by atoms with Crippen LogP contribution in [0.4, 0.5) is 22.0 Å². The van der Waals surface area contributed by atoms with Crippen molar-refractivity contribution < 1.29 is 26.7 Å². The van der Waals surface area contributed by atoms with Gasteiger partial charge in [0, 0.05) is 3.57 Å². The van der Waals surface area contributed by atoms with Gasteiger partial charge in [-0.1, -0.05) is 0 Å². The Kier molecular flexibility index (Phi) is 4.61. The van der Waals surface area contributed by atoms with Crippen LogP contribution in [0.3, 0.4) is 0 Å². The molecule has 0 aliphatic heterocycles. The third-order valence-electron chi connectivity index (χ3n) is 1.72. The van der Waals surface area contributed by atoms with Crippen LogP contribution in [0.2, 0.25) is 0 Å². The molecule has 0 atom stereocenters. The van der Waals surface area contributed by atoms with Gasteiger partial charge in [0.2, 0.25) is 0 Å². The summed E-state index contributed by atoms with van der Waals surface area (Å²) in [5.74, 6) is -4.93. The van der Waals surface area contributed by atoms with E-state index in [1.165, 1.54) is 12.1 Å². The number of ether oxygens (including phenoxy) is 1. The fourth-order valence-electron chi connectivity index (χ4n) is 0.842. The summed E-state index contributed by atoms with van der Waals surface area (Å²) in [6, 6.07) is 4.40. The van der Waals surface area contributed by atoms with Gasteiger partial charge in [0.1, 0.15) is 5.75 Å². The van der Waals surface area contributed by atoms with Crippen LogP contribution in [0.15, 0.2) is 22.7 Å². The van der Waals surface area contributed by atoms with Gasteiger partial charge in [0.05, 0.1) is 4.47 Å². The molecule has 0 aliphatic rings. The molecule has 0 spiro atoms. The van der Waals surface area contributed by atoms with Crippen LogP contribution in [0.25, 0.3) is 0 Å². The number of rotatable bonds is 3. The van der Waals surface area contributed by atoms with Gasteiger partial charge in [-0.2, -0.15) is 22.0 Å². The predicted molar refractivity (Wildman–Crippen MR) is 63.4 cm³/mol. The molecule has 1 rings (SSSR count). The highest BCUT2D eigenvalue weighted by molar-refractivity contribution is 14.1. The fourth-order valence-corrected chi connectivity index (χ4v) is 2.25. The molecule has 0 aromatic heterocycles. The summed E-state index contributed by atoms with van der Waals surface area (Å²) in [5, 5.41) is 0. The van der Waals surface area contributed by atoms with Crippen LogP contribution >= 0.6 is 38.5 Å². The Morgan fingerprint density at radius 1 is 1.18 bits per heavy atom. The first-order valence-corrected chi connectivity index (χ1v) is 6.03. The van der Waals surface area contributed by atoms with Gasteiger partial charge in [-0.15, -0.1) is 0 Å². The van der Waals surface area contributed by atoms with E-state index < -0.39 is 18.7 Å². The topological polar surface area (TPSA) is 9.23 Å². The highest BCUT2D eigenvalue weighted by atomic mass is 127. The van der Waals surface area contributed by atoms with E-state index in [0.717, 1.165) is 3.57 Å². The maximum Gasteiger partial charge on any atom is 0.456 e. The molecular weight excluding hydrogens is 426 g/mol. The van der Waals surface area contributed by atoms with Crippen molar-refractivity contribution in [2.24, 2.45) is 0 Å². The molecule has 0 fully saturated rings. The zero-order valence-electron chi connectivity index (χ0n) is 7.99. The molecule has 0 saturated carbocycles. The van der Waals surface area contributed by atoms with Crippen molar-refractivity contribution in [3.63, 3.8) is 0 Å². The van der Waals surface area contributed by atoms with Gasteiger partial charge >= 0.3 is 12.1 Å². The van der Waals surface area contributed by atoms with Crippen molar-refractivity contribution in [1.82, 2.24) is 0 Å². The lowest BCUT2D eigenvalue weighted by Crippen LogP contribution is -2.41. The maximum absolute atomic E-state index is 12.6. The highest BCUT2D eigenvalue weighted by Crippen LogP contribution is 2.36. The van der Waals surface area contributed by atoms with Crippen LogP contribution in [-0.4, -0.2) is 18.7 Å². The van der Waals surface area contributed by atoms with Crippen LogP contribution in [0.1, 0.15) is 0 Å². The minimum atomic E-state index is -5.61. The third kappa shape index (κ3) is 3.94. The van der Waals surface area contributed by atoms with Crippen LogP contribution in [0, 0.1) is 3.57 Å². The highest BCUT2D eigenvalue weighted by Gasteiger charge is 2.58. The predicted octanol–water partition coefficient (Wildman–Crippen LogP) is 4.63. The Balaban J connectivity index is 2.74. The van der Waals surface area contributed by atoms with E-state index in [1.54, 1.807) is 6.07 Å². The summed E-state index contributed by atoms with van der Waals surface area (Å²) in [6.45, 7) is -1.74. The largest absolute Gasteiger partial charge is 0.486 e. The average molecular weight is 431 g/mol. The van der Waals surface area contributed by atoms with Gasteiger partial charge in [-0.25, -0.2) is 0 Å². The summed E-state index contributed by atoms with van der Waals surface area (Å²) in [7, 11) is 0. The van der Waals surface area contributed by atoms with E-state index in [1.807, 2.05) is 22.6 Å². The number of hydrogen-bond acceptors (Lipinski definition) is 1. The lowest BCUT2D eigenvalue weighted by atomic mass is 10.3. The lowest BCUT2D eigenvalue weighted by Gasteiger charge is -2.20. The zero-order valence-corrected chi connectivity index (χ0v) is 11.7. The molecule has 8 heteroatoms. The Morgan fingerprint density at radius 3 is 2.24 bits per heavy atom. The van der Waals surface area contributed by atoms with Crippen molar-refractivity contribution in [2.45, 2.75) is 12.1 Å². The Labute approximate surface area is 116 Å². The maximum atomic E-state index is 12.6. The van der Waals surface area contributed by atoms with Crippen LogP contribution in [0.5, 0.6) is 5.75 Å². The molecule has 0 heterocycles. The molecule has 0 aliphatic carbocycles. The molecule has 0 saturated heterocycles. The first-order valence-electron chi connectivity index (χ1n) is 4.16. The Morgan fingerprint density at radius 2 is 1.76 bits per heavy atom. The second-order valence-electron chi connectivity index (χ2n) is 3.07. The monoisotopic (exact) mass is 430 g/mol. The molecular formula is C9H5BrF5IO. The molecule has 17 heavy (non-hydrogen) atoms. The van der Waals surface area contributed by atoms with Crippen molar-refractivity contribution in [1.29, 1.82) is 0 Å². The quantitative estimate of drug-likeness (QED) is 0.502. The molecule has 1 aromatic rings. The van der Waals surface area contributed by atoms with Crippen molar-refractivity contribution >= 4 is 38.5 Å². The van der Waals surface area contributed by atoms with E-state index in [0.29, 0.717) is 4.47 Å². The number of halogens is 7. The average Bonchev–Trinajstić information content (AvgIpc) is 2.14. The lowest BCUT2D eigenvalue weighted by molar-refractivity contribution is -0.290. The van der Waals surface area contributed by atoms with Crippen LogP contribution in [-0.2, 0) is 0 Å². The number of benzene rings is 1. The van der Waals surface area contributed by atoms with Gasteiger partial charge in [0.25, 0.3) is 0 Å². The second kappa shape index (κ2) is 5.25. The second-order valence-corrected chi connectivity index (χ2v) is 5.17. The van der Waals surface area contributed by atoms with E-state index in [9.17, 15) is 22.0 Å². The Hall–Kier alpha value is -0.120. The number of hydrogen-bond donors (Lipinski definition) is 0. The molecule has 0 unspecified atom stereocenters. The smallest absolute Gasteiger partial charge is 0.456 e. The summed E-state index contributed by atoms with van der Waals surface area (Å²) in [4.78, 5) is 0. The molecule has 1 aromatic carbocycles. The summed E-state index contributed by atoms with van der Waals surface area (Å²) in [5.41, 5.74) is 0. The van der Waals surface area contributed by atoms with E-state index in [4.69, 9.17) is 0 Å². The van der Waals surface area contributed by atoms with Gasteiger partial charge in [-0.3, -0.25) is 0 Å². The molecule has 96 valence electrons. The van der Waals surface area contributed by atoms with Gasteiger partial charge in [0.15, 0.2) is 6.61 Å². The minimum absolute atomic E-state index is 0.0608. The molecule has 0 bridgehead atoms. The minimum Gasteiger partial charge on any atom is -0.486 e. The third-order valence-corrected chi connectivity index (χ3v) is 3.01. The molecule has 0 radical (unpaired) electrons. The van der Waals surface area contributed by atoms with Gasteiger partial charge in [-0.05, 0) is 56.7 Å².